The Kier molecular flexibility index (Phi) is 14.6. The first-order chi connectivity index (χ1) is 5.81. The average molecular weight is 193 g/mol. The SMILES string of the molecule is CCCCCC/C=C/C(=O)N[O-].[Na+]. The summed E-state index contributed by atoms with van der Waals surface area (Å²) in [5.74, 6) is -0.564. The van der Waals surface area contributed by atoms with Gasteiger partial charge in [-0.25, -0.2) is 0 Å². The molecule has 0 atom stereocenters. The van der Waals surface area contributed by atoms with Gasteiger partial charge in [0.25, 0.3) is 0 Å². The molecule has 0 rings (SSSR count). The Hall–Kier alpha value is 0.170. The van der Waals surface area contributed by atoms with Crippen LogP contribution in [0.1, 0.15) is 39.0 Å². The smallest absolute Gasteiger partial charge is 0.759 e. The third-order valence-electron chi connectivity index (χ3n) is 1.59. The van der Waals surface area contributed by atoms with Crippen molar-refractivity contribution >= 4 is 5.91 Å². The van der Waals surface area contributed by atoms with Gasteiger partial charge in [-0.05, 0) is 18.9 Å². The third-order valence-corrected chi connectivity index (χ3v) is 1.59. The molecular formula is C9H16NNaO2. The van der Waals surface area contributed by atoms with E-state index in [1.807, 2.05) is 0 Å². The van der Waals surface area contributed by atoms with Crippen LogP contribution >= 0.6 is 0 Å². The van der Waals surface area contributed by atoms with Crippen LogP contribution in [0.3, 0.4) is 0 Å². The van der Waals surface area contributed by atoms with Crippen LogP contribution in [-0.2, 0) is 4.79 Å². The largest absolute Gasteiger partial charge is 1.00 e. The molecule has 0 spiro atoms. The van der Waals surface area contributed by atoms with Crippen LogP contribution in [-0.4, -0.2) is 5.91 Å². The van der Waals surface area contributed by atoms with Crippen molar-refractivity contribution in [3.8, 4) is 0 Å². The molecule has 70 valence electrons. The molecule has 0 unspecified atom stereocenters. The number of rotatable bonds is 6. The van der Waals surface area contributed by atoms with Gasteiger partial charge in [0.15, 0.2) is 0 Å². The standard InChI is InChI=1S/C9H16NO2.Na/c1-2-3-4-5-6-7-8-9(11)10-12;/h7-8H,2-6H2,1H3,(H-,10,11,12);/q-1;+1/b8-7+;. The molecule has 0 saturated heterocycles. The molecule has 0 radical (unpaired) electrons. The van der Waals surface area contributed by atoms with Crippen molar-refractivity contribution in [2.75, 3.05) is 0 Å². The molecule has 1 amide bonds. The molecule has 13 heavy (non-hydrogen) atoms. The van der Waals surface area contributed by atoms with Gasteiger partial charge in [-0.3, -0.25) is 4.79 Å². The average Bonchev–Trinajstić information content (AvgIpc) is 2.10. The number of hydrogen-bond donors (Lipinski definition) is 1. The zero-order valence-electron chi connectivity index (χ0n) is 8.51. The predicted octanol–water partition coefficient (Wildman–Crippen LogP) is -0.869. The summed E-state index contributed by atoms with van der Waals surface area (Å²) in [5.41, 5.74) is 1.29. The minimum absolute atomic E-state index is 0. The Morgan fingerprint density at radius 3 is 2.62 bits per heavy atom. The fourth-order valence-corrected chi connectivity index (χ4v) is 0.913. The molecule has 0 aliphatic carbocycles. The monoisotopic (exact) mass is 193 g/mol. The fourth-order valence-electron chi connectivity index (χ4n) is 0.913. The first kappa shape index (κ1) is 15.6. The van der Waals surface area contributed by atoms with Crippen molar-refractivity contribution in [3.05, 3.63) is 17.4 Å². The van der Waals surface area contributed by atoms with Crippen LogP contribution < -0.4 is 35.0 Å². The molecule has 0 aliphatic heterocycles. The van der Waals surface area contributed by atoms with Crippen LogP contribution in [0, 0.1) is 5.21 Å². The van der Waals surface area contributed by atoms with Crippen molar-refractivity contribution in [3.63, 3.8) is 0 Å². The van der Waals surface area contributed by atoms with Crippen LogP contribution in [0.15, 0.2) is 12.2 Å². The second kappa shape index (κ2) is 12.2. The minimum atomic E-state index is -0.564. The number of amides is 1. The number of carbonyl (C=O) groups excluding carboxylic acids is 1. The summed E-state index contributed by atoms with van der Waals surface area (Å²) in [4.78, 5) is 10.4. The van der Waals surface area contributed by atoms with E-state index in [1.54, 1.807) is 6.08 Å². The van der Waals surface area contributed by atoms with Crippen LogP contribution in [0.25, 0.3) is 0 Å². The quantitative estimate of drug-likeness (QED) is 0.258. The number of unbranched alkanes of at least 4 members (excludes halogenated alkanes) is 4. The van der Waals surface area contributed by atoms with Crippen molar-refractivity contribution < 1.29 is 34.4 Å². The van der Waals surface area contributed by atoms with Crippen LogP contribution in [0.5, 0.6) is 0 Å². The molecular weight excluding hydrogens is 177 g/mol. The Morgan fingerprint density at radius 2 is 2.08 bits per heavy atom. The van der Waals surface area contributed by atoms with Crippen molar-refractivity contribution in [2.24, 2.45) is 0 Å². The first-order valence-electron chi connectivity index (χ1n) is 4.40. The zero-order chi connectivity index (χ0) is 9.23. The van der Waals surface area contributed by atoms with Crippen molar-refractivity contribution in [1.82, 2.24) is 5.48 Å². The number of hydrogen-bond acceptors (Lipinski definition) is 2. The maximum absolute atomic E-state index is 10.4. The minimum Gasteiger partial charge on any atom is -0.759 e. The second-order valence-corrected chi connectivity index (χ2v) is 2.72. The molecule has 0 aromatic rings. The first-order valence-corrected chi connectivity index (χ1v) is 4.40. The van der Waals surface area contributed by atoms with Gasteiger partial charge in [-0.15, -0.1) is 0 Å². The summed E-state index contributed by atoms with van der Waals surface area (Å²) in [6.07, 6.45) is 8.65. The number of hydroxylamine groups is 1. The van der Waals surface area contributed by atoms with E-state index >= 15 is 0 Å². The molecule has 0 bridgehead atoms. The van der Waals surface area contributed by atoms with Gasteiger partial charge in [0.1, 0.15) is 0 Å². The van der Waals surface area contributed by atoms with Gasteiger partial charge in [0.05, 0.1) is 0 Å². The molecule has 0 aliphatic rings. The summed E-state index contributed by atoms with van der Waals surface area (Å²) in [5, 5.41) is 9.75. The van der Waals surface area contributed by atoms with E-state index in [2.05, 4.69) is 6.92 Å². The molecule has 0 fully saturated rings. The van der Waals surface area contributed by atoms with Crippen molar-refractivity contribution in [2.45, 2.75) is 39.0 Å². The van der Waals surface area contributed by atoms with Gasteiger partial charge in [0, 0.05) is 0 Å². The van der Waals surface area contributed by atoms with E-state index in [-0.39, 0.29) is 29.6 Å². The Morgan fingerprint density at radius 1 is 1.38 bits per heavy atom. The Balaban J connectivity index is 0. The molecule has 0 saturated carbocycles. The van der Waals surface area contributed by atoms with Crippen LogP contribution in [0.2, 0.25) is 0 Å². The summed E-state index contributed by atoms with van der Waals surface area (Å²) >= 11 is 0. The normalized spacial score (nSPS) is 9.69. The molecule has 1 N–H and O–H groups in total. The van der Waals surface area contributed by atoms with Gasteiger partial charge in [-0.2, -0.15) is 0 Å². The molecule has 0 aromatic carbocycles. The van der Waals surface area contributed by atoms with E-state index < -0.39 is 5.91 Å². The van der Waals surface area contributed by atoms with E-state index in [0.717, 1.165) is 12.8 Å². The maximum Gasteiger partial charge on any atom is 1.00 e. The van der Waals surface area contributed by atoms with Gasteiger partial charge in [0.2, 0.25) is 5.91 Å². The molecule has 0 heterocycles. The number of allylic oxidation sites excluding steroid dienone is 1. The summed E-state index contributed by atoms with van der Waals surface area (Å²) in [6.45, 7) is 2.15. The topological polar surface area (TPSA) is 52.2 Å². The summed E-state index contributed by atoms with van der Waals surface area (Å²) in [7, 11) is 0. The molecule has 3 nitrogen and oxygen atoms in total. The zero-order valence-corrected chi connectivity index (χ0v) is 10.5. The second-order valence-electron chi connectivity index (χ2n) is 2.72. The van der Waals surface area contributed by atoms with Gasteiger partial charge < -0.3 is 10.7 Å². The molecule has 4 heteroatoms. The van der Waals surface area contributed by atoms with Gasteiger partial charge >= 0.3 is 29.6 Å². The maximum atomic E-state index is 10.4. The third kappa shape index (κ3) is 12.2. The Bertz CT molecular complexity index is 149. The fraction of sp³-hybridized carbons (Fsp3) is 0.667. The number of nitrogens with one attached hydrogen (secondary N) is 1. The van der Waals surface area contributed by atoms with E-state index in [1.165, 1.54) is 30.8 Å². The number of carbonyl (C=O) groups is 1. The summed E-state index contributed by atoms with van der Waals surface area (Å²) in [6, 6.07) is 0. The van der Waals surface area contributed by atoms with Crippen molar-refractivity contribution in [1.29, 1.82) is 0 Å². The Labute approximate surface area is 102 Å². The predicted molar refractivity (Wildman–Crippen MR) is 49.4 cm³/mol. The van der Waals surface area contributed by atoms with Crippen LogP contribution in [0.4, 0.5) is 0 Å². The van der Waals surface area contributed by atoms with Gasteiger partial charge in [-0.1, -0.05) is 32.3 Å². The summed E-state index contributed by atoms with van der Waals surface area (Å²) < 4.78 is 0. The van der Waals surface area contributed by atoms with E-state index in [4.69, 9.17) is 0 Å². The van der Waals surface area contributed by atoms with E-state index in [9.17, 15) is 10.0 Å². The molecule has 0 aromatic heterocycles. The van der Waals surface area contributed by atoms with E-state index in [0.29, 0.717) is 0 Å².